The minimum absolute atomic E-state index is 0.155. The molecule has 0 radical (unpaired) electrons. The highest BCUT2D eigenvalue weighted by Crippen LogP contribution is 2.15. The van der Waals surface area contributed by atoms with Crippen LogP contribution in [-0.2, 0) is 14.3 Å². The molecule has 36 heavy (non-hydrogen) atoms. The maximum atomic E-state index is 12.0. The Hall–Kier alpha value is -0.160. The van der Waals surface area contributed by atoms with Gasteiger partial charge in [-0.25, -0.2) is 0 Å². The van der Waals surface area contributed by atoms with Crippen molar-refractivity contribution in [3.63, 3.8) is 0 Å². The molecule has 0 atom stereocenters. The van der Waals surface area contributed by atoms with E-state index in [9.17, 15) is 12.8 Å². The highest BCUT2D eigenvalue weighted by atomic mass is 32.2. The summed E-state index contributed by atoms with van der Waals surface area (Å²) in [6.07, 6.45) is 33.0. The first-order valence-corrected chi connectivity index (χ1v) is 17.6. The highest BCUT2D eigenvalue weighted by Gasteiger charge is 2.10. The van der Waals surface area contributed by atoms with Gasteiger partial charge in [0.15, 0.2) is 0 Å². The van der Waals surface area contributed by atoms with Crippen LogP contribution in [0.25, 0.3) is 0 Å². The third kappa shape index (κ3) is 30.1. The van der Waals surface area contributed by atoms with E-state index in [4.69, 9.17) is 4.18 Å². The monoisotopic (exact) mass is 534 g/mol. The summed E-state index contributed by atoms with van der Waals surface area (Å²) >= 11 is 0. The zero-order valence-electron chi connectivity index (χ0n) is 24.2. The summed E-state index contributed by atoms with van der Waals surface area (Å²) < 4.78 is 41.2. The van der Waals surface area contributed by atoms with Gasteiger partial charge in [0.1, 0.15) is 0 Å². The second-order valence-electron chi connectivity index (χ2n) is 11.0. The molecule has 3 nitrogen and oxygen atoms in total. The molecule has 5 heteroatoms. The molecule has 0 aromatic rings. The van der Waals surface area contributed by atoms with Crippen LogP contribution in [0.15, 0.2) is 0 Å². The minimum atomic E-state index is -3.35. The van der Waals surface area contributed by atoms with E-state index in [0.717, 1.165) is 44.9 Å². The Morgan fingerprint density at radius 1 is 0.444 bits per heavy atom. The number of rotatable bonds is 31. The molecule has 0 N–H and O–H groups in total. The molecule has 0 aromatic heterocycles. The van der Waals surface area contributed by atoms with Gasteiger partial charge in [-0.2, -0.15) is 8.42 Å². The predicted molar refractivity (Wildman–Crippen MR) is 156 cm³/mol. The van der Waals surface area contributed by atoms with Gasteiger partial charge in [-0.15, -0.1) is 0 Å². The van der Waals surface area contributed by atoms with Crippen LogP contribution in [0.4, 0.5) is 4.39 Å². The molecule has 0 bridgehead atoms. The largest absolute Gasteiger partial charge is 0.270 e. The van der Waals surface area contributed by atoms with E-state index in [1.165, 1.54) is 116 Å². The molecule has 0 heterocycles. The van der Waals surface area contributed by atoms with Crippen LogP contribution in [0.5, 0.6) is 0 Å². The van der Waals surface area contributed by atoms with Crippen LogP contribution in [0.3, 0.4) is 0 Å². The normalized spacial score (nSPS) is 11.9. The molecule has 0 aliphatic heterocycles. The Morgan fingerprint density at radius 2 is 0.750 bits per heavy atom. The first-order valence-electron chi connectivity index (χ1n) is 16.1. The van der Waals surface area contributed by atoms with Gasteiger partial charge in [-0.1, -0.05) is 161 Å². The summed E-state index contributed by atoms with van der Waals surface area (Å²) in [5.74, 6) is 0.155. The first-order chi connectivity index (χ1) is 17.6. The lowest BCUT2D eigenvalue weighted by molar-refractivity contribution is 0.305. The molecule has 0 aliphatic carbocycles. The van der Waals surface area contributed by atoms with E-state index < -0.39 is 10.1 Å². The van der Waals surface area contributed by atoms with Gasteiger partial charge < -0.3 is 0 Å². The molecule has 0 aliphatic rings. The average molecular weight is 535 g/mol. The molecule has 0 amide bonds. The molecule has 0 aromatic carbocycles. The Bertz CT molecular complexity index is 510. The lowest BCUT2D eigenvalue weighted by Crippen LogP contribution is -2.11. The number of hydrogen-bond donors (Lipinski definition) is 0. The van der Waals surface area contributed by atoms with Gasteiger partial charge in [0.05, 0.1) is 19.0 Å². The van der Waals surface area contributed by atoms with Crippen molar-refractivity contribution in [3.8, 4) is 0 Å². The topological polar surface area (TPSA) is 43.4 Å². The fourth-order valence-corrected chi connectivity index (χ4v) is 5.91. The summed E-state index contributed by atoms with van der Waals surface area (Å²) in [6.45, 7) is 2.43. The SMILES string of the molecule is CCCCCCCCCCCCCCCCCCCCOS(=O)(=O)CCCCCCCCCCCF. The van der Waals surface area contributed by atoms with E-state index in [1.807, 2.05) is 0 Å². The van der Waals surface area contributed by atoms with Crippen LogP contribution in [0.1, 0.15) is 180 Å². The van der Waals surface area contributed by atoms with Crippen molar-refractivity contribution in [2.45, 2.75) is 180 Å². The zero-order valence-corrected chi connectivity index (χ0v) is 25.0. The second-order valence-corrected chi connectivity index (χ2v) is 12.7. The standard InChI is InChI=1S/C31H63FO3S/c1-2-3-4-5-6-7-8-9-10-11-12-13-14-15-18-21-24-27-30-35-36(33,34)31-28-25-22-19-16-17-20-23-26-29-32/h2-31H2,1H3. The molecule has 0 rings (SSSR count). The first kappa shape index (κ1) is 35.8. The molecule has 0 spiro atoms. The van der Waals surface area contributed by atoms with E-state index in [-0.39, 0.29) is 12.4 Å². The summed E-state index contributed by atoms with van der Waals surface area (Å²) in [7, 11) is -3.35. The number of unbranched alkanes of at least 4 members (excludes halogenated alkanes) is 25. The Morgan fingerprint density at radius 3 is 1.11 bits per heavy atom. The van der Waals surface area contributed by atoms with E-state index in [2.05, 4.69) is 6.92 Å². The lowest BCUT2D eigenvalue weighted by Gasteiger charge is -2.06. The van der Waals surface area contributed by atoms with Crippen molar-refractivity contribution in [2.75, 3.05) is 19.0 Å². The maximum absolute atomic E-state index is 12.0. The summed E-state index contributed by atoms with van der Waals surface area (Å²) in [4.78, 5) is 0. The van der Waals surface area contributed by atoms with E-state index in [1.54, 1.807) is 0 Å². The quantitative estimate of drug-likeness (QED) is 0.0656. The number of alkyl halides is 1. The van der Waals surface area contributed by atoms with Gasteiger partial charge in [0, 0.05) is 0 Å². The van der Waals surface area contributed by atoms with Crippen molar-refractivity contribution < 1.29 is 17.0 Å². The zero-order chi connectivity index (χ0) is 26.4. The van der Waals surface area contributed by atoms with Crippen LogP contribution in [0, 0.1) is 0 Å². The summed E-state index contributed by atoms with van der Waals surface area (Å²) in [5, 5.41) is 0. The number of halogens is 1. The number of hydrogen-bond acceptors (Lipinski definition) is 3. The molecule has 218 valence electrons. The fraction of sp³-hybridized carbons (Fsp3) is 1.00. The van der Waals surface area contributed by atoms with Crippen molar-refractivity contribution >= 4 is 10.1 Å². The second kappa shape index (κ2) is 29.4. The molecule has 0 saturated heterocycles. The average Bonchev–Trinajstić information content (AvgIpc) is 2.86. The predicted octanol–water partition coefficient (Wildman–Crippen LogP) is 10.9. The van der Waals surface area contributed by atoms with Crippen LogP contribution < -0.4 is 0 Å². The third-order valence-corrected chi connectivity index (χ3v) is 8.60. The van der Waals surface area contributed by atoms with Crippen LogP contribution in [-0.4, -0.2) is 27.5 Å². The molecule has 0 fully saturated rings. The van der Waals surface area contributed by atoms with Gasteiger partial charge in [0.2, 0.25) is 0 Å². The minimum Gasteiger partial charge on any atom is -0.270 e. The molecular weight excluding hydrogens is 471 g/mol. The van der Waals surface area contributed by atoms with Crippen molar-refractivity contribution in [1.82, 2.24) is 0 Å². The smallest absolute Gasteiger partial charge is 0.267 e. The third-order valence-electron chi connectivity index (χ3n) is 7.29. The van der Waals surface area contributed by atoms with Gasteiger partial charge in [0.25, 0.3) is 10.1 Å². The van der Waals surface area contributed by atoms with Crippen molar-refractivity contribution in [1.29, 1.82) is 0 Å². The highest BCUT2D eigenvalue weighted by molar-refractivity contribution is 7.86. The molecular formula is C31H63FO3S. The van der Waals surface area contributed by atoms with Crippen LogP contribution >= 0.6 is 0 Å². The molecule has 0 saturated carbocycles. The van der Waals surface area contributed by atoms with Gasteiger partial charge >= 0.3 is 0 Å². The summed E-state index contributed by atoms with van der Waals surface area (Å²) in [6, 6.07) is 0. The Balaban J connectivity index is 3.26. The maximum Gasteiger partial charge on any atom is 0.267 e. The fourth-order valence-electron chi connectivity index (χ4n) is 4.86. The summed E-state index contributed by atoms with van der Waals surface area (Å²) in [5.41, 5.74) is 0. The van der Waals surface area contributed by atoms with E-state index in [0.29, 0.717) is 19.4 Å². The van der Waals surface area contributed by atoms with Gasteiger partial charge in [-0.05, 0) is 19.3 Å². The van der Waals surface area contributed by atoms with Crippen LogP contribution in [0.2, 0.25) is 0 Å². The molecule has 0 unspecified atom stereocenters. The van der Waals surface area contributed by atoms with E-state index >= 15 is 0 Å². The van der Waals surface area contributed by atoms with Crippen molar-refractivity contribution in [2.24, 2.45) is 0 Å². The Kier molecular flexibility index (Phi) is 29.3. The van der Waals surface area contributed by atoms with Crippen molar-refractivity contribution in [3.05, 3.63) is 0 Å². The van der Waals surface area contributed by atoms with Gasteiger partial charge in [-0.3, -0.25) is 8.57 Å². The lowest BCUT2D eigenvalue weighted by atomic mass is 10.0. The Labute approximate surface area is 226 Å².